The van der Waals surface area contributed by atoms with Gasteiger partial charge in [-0.1, -0.05) is 24.3 Å². The first kappa shape index (κ1) is 21.9. The Labute approximate surface area is 213 Å². The van der Waals surface area contributed by atoms with Gasteiger partial charge in [0.2, 0.25) is 12.6 Å². The van der Waals surface area contributed by atoms with E-state index in [1.807, 2.05) is 24.3 Å². The molecule has 10 unspecified atom stereocenters. The molecule has 2 N–H and O–H groups in total. The smallest absolute Gasteiger partial charge is 0.244 e. The Morgan fingerprint density at radius 1 is 0.583 bits per heavy atom. The van der Waals surface area contributed by atoms with E-state index in [2.05, 4.69) is 24.3 Å². The molecule has 4 aliphatic carbocycles. The predicted octanol–water partition coefficient (Wildman–Crippen LogP) is 4.39. The number of rotatable bonds is 5. The number of ether oxygens (including phenoxy) is 4. The van der Waals surface area contributed by atoms with Crippen LogP contribution in [0, 0.1) is 35.5 Å². The van der Waals surface area contributed by atoms with Crippen LogP contribution >= 0.6 is 17.6 Å². The second kappa shape index (κ2) is 8.20. The van der Waals surface area contributed by atoms with E-state index < -0.39 is 17.6 Å². The largest absolute Gasteiger partial charge is 0.451 e. The molecule has 0 radical (unpaired) electrons. The number of benzene rings is 2. The van der Waals surface area contributed by atoms with Crippen molar-refractivity contribution in [3.8, 4) is 34.1 Å². The van der Waals surface area contributed by atoms with Gasteiger partial charge >= 0.3 is 0 Å². The van der Waals surface area contributed by atoms with E-state index in [9.17, 15) is 9.79 Å². The lowest BCUT2D eigenvalue weighted by Gasteiger charge is -2.24. The molecule has 2 heterocycles. The van der Waals surface area contributed by atoms with Gasteiger partial charge in [0.25, 0.3) is 0 Å². The Kier molecular flexibility index (Phi) is 5.00. The highest BCUT2D eigenvalue weighted by molar-refractivity contribution is 7.42. The molecule has 0 saturated heterocycles. The van der Waals surface area contributed by atoms with Crippen LogP contribution in [0.4, 0.5) is 0 Å². The Hall–Kier alpha value is -2.10. The SMILES string of the molecule is OPc1ccc2c(c1-c1c(PO)ccc3c1OC(C1CC4C=CC1C4)O3)OC(C1CC3C=CC1C3)O2. The molecule has 2 aromatic carbocycles. The second-order valence-corrected chi connectivity index (χ2v) is 12.5. The van der Waals surface area contributed by atoms with Gasteiger partial charge in [0.15, 0.2) is 23.0 Å². The van der Waals surface area contributed by atoms with Crippen molar-refractivity contribution >= 4 is 28.2 Å². The molecule has 8 rings (SSSR count). The fourth-order valence-corrected chi connectivity index (χ4v) is 8.40. The summed E-state index contributed by atoms with van der Waals surface area (Å²) >= 11 is 0. The van der Waals surface area contributed by atoms with Crippen molar-refractivity contribution in [1.82, 2.24) is 0 Å². The number of fused-ring (bicyclic) bond motifs is 6. The average Bonchev–Trinajstić information content (AvgIpc) is 3.74. The molecule has 4 bridgehead atoms. The molecular formula is C28H28O6P2. The first-order valence-electron chi connectivity index (χ1n) is 12.9. The normalized spacial score (nSPS) is 36.6. The lowest BCUT2D eigenvalue weighted by atomic mass is 9.93. The first-order valence-corrected chi connectivity index (χ1v) is 14.8. The van der Waals surface area contributed by atoms with Gasteiger partial charge in [0, 0.05) is 51.2 Å². The third-order valence-electron chi connectivity index (χ3n) is 9.05. The van der Waals surface area contributed by atoms with E-state index in [4.69, 9.17) is 18.9 Å². The molecule has 6 nitrogen and oxygen atoms in total. The van der Waals surface area contributed by atoms with Crippen molar-refractivity contribution in [2.24, 2.45) is 35.5 Å². The highest BCUT2D eigenvalue weighted by atomic mass is 31.1. The highest BCUT2D eigenvalue weighted by Crippen LogP contribution is 2.55. The lowest BCUT2D eigenvalue weighted by molar-refractivity contribution is -0.0141. The first-order chi connectivity index (χ1) is 17.7. The zero-order chi connectivity index (χ0) is 24.0. The number of hydrogen-bond acceptors (Lipinski definition) is 6. The summed E-state index contributed by atoms with van der Waals surface area (Å²) in [6.45, 7) is 0. The quantitative estimate of drug-likeness (QED) is 0.448. The summed E-state index contributed by atoms with van der Waals surface area (Å²) in [5.41, 5.74) is 1.50. The van der Waals surface area contributed by atoms with Crippen molar-refractivity contribution in [2.75, 3.05) is 0 Å². The zero-order valence-corrected chi connectivity index (χ0v) is 21.6. The summed E-state index contributed by atoms with van der Waals surface area (Å²) < 4.78 is 25.8. The molecule has 2 aliphatic heterocycles. The average molecular weight is 522 g/mol. The Balaban J connectivity index is 1.20. The second-order valence-electron chi connectivity index (χ2n) is 11.0. The van der Waals surface area contributed by atoms with Gasteiger partial charge in [0.1, 0.15) is 0 Å². The van der Waals surface area contributed by atoms with Crippen molar-refractivity contribution in [2.45, 2.75) is 38.3 Å². The molecule has 186 valence electrons. The van der Waals surface area contributed by atoms with Crippen LogP contribution < -0.4 is 29.6 Å². The summed E-state index contributed by atoms with van der Waals surface area (Å²) in [6, 6.07) is 7.59. The molecule has 0 spiro atoms. The molecule has 36 heavy (non-hydrogen) atoms. The standard InChI is InChI=1S/C28H28O6P2/c29-35-21-7-5-19-25(33-27(31-19)17-11-13-1-3-15(17)9-13)23(21)24-22(36-30)8-6-20-26(24)34-28(32-20)18-12-14-2-4-16(18)10-14/h1-8,13-18,27-30,35-36H,9-12H2. The predicted molar refractivity (Wildman–Crippen MR) is 140 cm³/mol. The molecule has 2 aromatic rings. The maximum atomic E-state index is 10.4. The Morgan fingerprint density at radius 2 is 1.06 bits per heavy atom. The van der Waals surface area contributed by atoms with Gasteiger partial charge in [-0.15, -0.1) is 0 Å². The minimum absolute atomic E-state index is 0.316. The number of hydrogen-bond donors (Lipinski definition) is 2. The van der Waals surface area contributed by atoms with Gasteiger partial charge in [-0.3, -0.25) is 0 Å². The third kappa shape index (κ3) is 3.18. The van der Waals surface area contributed by atoms with Gasteiger partial charge in [-0.05, 0) is 73.6 Å². The van der Waals surface area contributed by atoms with Crippen molar-refractivity contribution in [3.05, 3.63) is 48.6 Å². The van der Waals surface area contributed by atoms with E-state index in [-0.39, 0.29) is 12.6 Å². The molecule has 0 aromatic heterocycles. The van der Waals surface area contributed by atoms with Gasteiger partial charge in [0.05, 0.1) is 0 Å². The summed E-state index contributed by atoms with van der Waals surface area (Å²) in [5, 5.41) is 1.49. The van der Waals surface area contributed by atoms with Crippen LogP contribution in [0.3, 0.4) is 0 Å². The summed E-state index contributed by atoms with van der Waals surface area (Å²) in [6.07, 6.45) is 13.1. The molecule has 0 amide bonds. The van der Waals surface area contributed by atoms with E-state index >= 15 is 0 Å². The molecule has 2 fully saturated rings. The van der Waals surface area contributed by atoms with Crippen LogP contribution in [0.1, 0.15) is 25.7 Å². The van der Waals surface area contributed by atoms with Gasteiger partial charge in [-0.2, -0.15) is 0 Å². The molecular weight excluding hydrogens is 494 g/mol. The zero-order valence-electron chi connectivity index (χ0n) is 19.6. The van der Waals surface area contributed by atoms with E-state index in [1.165, 1.54) is 12.8 Å². The summed E-state index contributed by atoms with van der Waals surface area (Å²) in [5.74, 6) is 5.47. The minimum atomic E-state index is -0.437. The minimum Gasteiger partial charge on any atom is -0.451 e. The van der Waals surface area contributed by atoms with E-state index in [0.29, 0.717) is 58.5 Å². The van der Waals surface area contributed by atoms with Crippen LogP contribution in [0.2, 0.25) is 0 Å². The maximum Gasteiger partial charge on any atom is 0.244 e. The van der Waals surface area contributed by atoms with Crippen molar-refractivity contribution in [1.29, 1.82) is 0 Å². The summed E-state index contributed by atoms with van der Waals surface area (Å²) in [4.78, 5) is 20.7. The van der Waals surface area contributed by atoms with Crippen LogP contribution in [-0.2, 0) is 0 Å². The fraction of sp³-hybridized carbons (Fsp3) is 0.429. The van der Waals surface area contributed by atoms with Gasteiger partial charge < -0.3 is 28.7 Å². The van der Waals surface area contributed by atoms with Crippen LogP contribution in [0.25, 0.3) is 11.1 Å². The Bertz CT molecular complexity index is 1210. The molecule has 8 heteroatoms. The van der Waals surface area contributed by atoms with Gasteiger partial charge in [-0.25, -0.2) is 0 Å². The van der Waals surface area contributed by atoms with Crippen molar-refractivity contribution < 1.29 is 28.7 Å². The lowest BCUT2D eigenvalue weighted by Crippen LogP contribution is -2.31. The molecule has 10 atom stereocenters. The van der Waals surface area contributed by atoms with Crippen LogP contribution in [0.5, 0.6) is 23.0 Å². The fourth-order valence-electron chi connectivity index (χ4n) is 7.38. The highest BCUT2D eigenvalue weighted by Gasteiger charge is 2.47. The third-order valence-corrected chi connectivity index (χ3v) is 10.4. The van der Waals surface area contributed by atoms with E-state index in [0.717, 1.165) is 34.6 Å². The van der Waals surface area contributed by atoms with Crippen LogP contribution in [-0.4, -0.2) is 22.4 Å². The maximum absolute atomic E-state index is 10.4. The Morgan fingerprint density at radius 3 is 1.42 bits per heavy atom. The number of allylic oxidation sites excluding steroid dienone is 4. The topological polar surface area (TPSA) is 77.4 Å². The van der Waals surface area contributed by atoms with Crippen molar-refractivity contribution in [3.63, 3.8) is 0 Å². The summed E-state index contributed by atoms with van der Waals surface area (Å²) in [7, 11) is -0.875. The van der Waals surface area contributed by atoms with Crippen LogP contribution in [0.15, 0.2) is 48.6 Å². The monoisotopic (exact) mass is 522 g/mol. The van der Waals surface area contributed by atoms with E-state index in [1.54, 1.807) is 0 Å². The molecule has 6 aliphatic rings. The molecule has 2 saturated carbocycles.